The Morgan fingerprint density at radius 1 is 1.12 bits per heavy atom. The van der Waals surface area contributed by atoms with Crippen LogP contribution in [-0.2, 0) is 10.2 Å². The first kappa shape index (κ1) is 12.8. The van der Waals surface area contributed by atoms with E-state index < -0.39 is 33.3 Å². The molecule has 0 bridgehead atoms. The number of anilines is 1. The van der Waals surface area contributed by atoms with Crippen LogP contribution in [0, 0.1) is 17.5 Å². The average Bonchev–Trinajstić information content (AvgIpc) is 2.19. The van der Waals surface area contributed by atoms with Gasteiger partial charge in [-0.15, -0.1) is 0 Å². The van der Waals surface area contributed by atoms with E-state index in [0.29, 0.717) is 6.07 Å². The van der Waals surface area contributed by atoms with Gasteiger partial charge in [-0.3, -0.25) is 4.72 Å². The number of halogens is 3. The van der Waals surface area contributed by atoms with Gasteiger partial charge in [-0.2, -0.15) is 12.7 Å². The van der Waals surface area contributed by atoms with Crippen molar-refractivity contribution in [3.63, 3.8) is 0 Å². The standard InChI is InChI=1S/C8H9F3N2O2S/c1-13(2)16(14,15)12-6-4-3-5(9)7(10)8(6)11/h3-4,12H,1-2H3. The van der Waals surface area contributed by atoms with Crippen LogP contribution < -0.4 is 4.72 Å². The Hall–Kier alpha value is -1.28. The number of hydrogen-bond acceptors (Lipinski definition) is 2. The summed E-state index contributed by atoms with van der Waals surface area (Å²) in [6.07, 6.45) is 0. The first-order chi connectivity index (χ1) is 7.25. The van der Waals surface area contributed by atoms with Gasteiger partial charge < -0.3 is 0 Å². The van der Waals surface area contributed by atoms with Crippen molar-refractivity contribution in [1.82, 2.24) is 4.31 Å². The molecule has 0 radical (unpaired) electrons. The molecular weight excluding hydrogens is 245 g/mol. The van der Waals surface area contributed by atoms with Crippen LogP contribution in [0.25, 0.3) is 0 Å². The molecule has 1 rings (SSSR count). The third-order valence-electron chi connectivity index (χ3n) is 1.75. The molecule has 0 atom stereocenters. The third-order valence-corrected chi connectivity index (χ3v) is 3.19. The van der Waals surface area contributed by atoms with E-state index in [-0.39, 0.29) is 0 Å². The lowest BCUT2D eigenvalue weighted by Gasteiger charge is -2.13. The normalized spacial score (nSPS) is 11.9. The molecule has 0 heterocycles. The highest BCUT2D eigenvalue weighted by Gasteiger charge is 2.19. The van der Waals surface area contributed by atoms with E-state index >= 15 is 0 Å². The lowest BCUT2D eigenvalue weighted by atomic mass is 10.3. The van der Waals surface area contributed by atoms with Gasteiger partial charge in [0.05, 0.1) is 5.69 Å². The van der Waals surface area contributed by atoms with Crippen molar-refractivity contribution in [2.45, 2.75) is 0 Å². The molecule has 0 aromatic heterocycles. The van der Waals surface area contributed by atoms with Crippen molar-refractivity contribution in [3.05, 3.63) is 29.6 Å². The van der Waals surface area contributed by atoms with Gasteiger partial charge in [0.15, 0.2) is 17.5 Å². The molecule has 0 saturated heterocycles. The van der Waals surface area contributed by atoms with E-state index in [9.17, 15) is 21.6 Å². The van der Waals surface area contributed by atoms with Crippen LogP contribution in [0.2, 0.25) is 0 Å². The topological polar surface area (TPSA) is 49.4 Å². The zero-order valence-corrected chi connectivity index (χ0v) is 9.28. The lowest BCUT2D eigenvalue weighted by Crippen LogP contribution is -2.29. The fourth-order valence-electron chi connectivity index (χ4n) is 0.835. The molecule has 4 nitrogen and oxygen atoms in total. The minimum Gasteiger partial charge on any atom is -0.268 e. The zero-order valence-electron chi connectivity index (χ0n) is 8.46. The second kappa shape index (κ2) is 4.30. The molecule has 8 heteroatoms. The van der Waals surface area contributed by atoms with Gasteiger partial charge >= 0.3 is 10.2 Å². The molecule has 1 aromatic carbocycles. The summed E-state index contributed by atoms with van der Waals surface area (Å²) in [5.74, 6) is -4.69. The van der Waals surface area contributed by atoms with Crippen molar-refractivity contribution in [2.75, 3.05) is 18.8 Å². The zero-order chi connectivity index (χ0) is 12.5. The van der Waals surface area contributed by atoms with Crippen molar-refractivity contribution in [1.29, 1.82) is 0 Å². The van der Waals surface area contributed by atoms with Crippen molar-refractivity contribution in [3.8, 4) is 0 Å². The summed E-state index contributed by atoms with van der Waals surface area (Å²) in [4.78, 5) is 0. The third kappa shape index (κ3) is 2.45. The van der Waals surface area contributed by atoms with Gasteiger partial charge in [-0.05, 0) is 12.1 Å². The van der Waals surface area contributed by atoms with E-state index in [4.69, 9.17) is 0 Å². The Bertz CT molecular complexity index is 502. The fourth-order valence-corrected chi connectivity index (χ4v) is 1.45. The van der Waals surface area contributed by atoms with Crippen LogP contribution in [0.5, 0.6) is 0 Å². The summed E-state index contributed by atoms with van der Waals surface area (Å²) in [6, 6.07) is 1.43. The van der Waals surface area contributed by atoms with Gasteiger partial charge in [0.1, 0.15) is 0 Å². The quantitative estimate of drug-likeness (QED) is 0.827. The summed E-state index contributed by atoms with van der Waals surface area (Å²) in [7, 11) is -1.53. The Labute approximate surface area is 90.9 Å². The number of benzene rings is 1. The molecule has 0 aliphatic carbocycles. The maximum absolute atomic E-state index is 13.1. The summed E-state index contributed by atoms with van der Waals surface area (Å²) in [5.41, 5.74) is -0.646. The van der Waals surface area contributed by atoms with Crippen LogP contribution in [0.4, 0.5) is 18.9 Å². The molecule has 0 aliphatic rings. The van der Waals surface area contributed by atoms with Crippen LogP contribution in [-0.4, -0.2) is 26.8 Å². The molecule has 16 heavy (non-hydrogen) atoms. The lowest BCUT2D eigenvalue weighted by molar-refractivity contribution is 0.449. The van der Waals surface area contributed by atoms with Gasteiger partial charge in [0, 0.05) is 14.1 Å². The van der Waals surface area contributed by atoms with Crippen LogP contribution >= 0.6 is 0 Å². The minimum absolute atomic E-state index is 0.631. The highest BCUT2D eigenvalue weighted by atomic mass is 32.2. The van der Waals surface area contributed by atoms with Gasteiger partial charge in [-0.25, -0.2) is 13.2 Å². The van der Waals surface area contributed by atoms with Gasteiger partial charge in [-0.1, -0.05) is 0 Å². The first-order valence-electron chi connectivity index (χ1n) is 4.09. The van der Waals surface area contributed by atoms with Crippen molar-refractivity contribution >= 4 is 15.9 Å². The summed E-state index contributed by atoms with van der Waals surface area (Å²) in [5, 5.41) is 0. The fraction of sp³-hybridized carbons (Fsp3) is 0.250. The SMILES string of the molecule is CN(C)S(=O)(=O)Nc1ccc(F)c(F)c1F. The molecule has 0 fully saturated rings. The molecule has 0 aliphatic heterocycles. The summed E-state index contributed by atoms with van der Waals surface area (Å²) >= 11 is 0. The van der Waals surface area contributed by atoms with Gasteiger partial charge in [0.25, 0.3) is 0 Å². The summed E-state index contributed by atoms with van der Waals surface area (Å²) in [6.45, 7) is 0. The first-order valence-corrected chi connectivity index (χ1v) is 5.53. The van der Waals surface area contributed by atoms with E-state index in [0.717, 1.165) is 10.4 Å². The van der Waals surface area contributed by atoms with E-state index in [2.05, 4.69) is 0 Å². The largest absolute Gasteiger partial charge is 0.301 e. The second-order valence-corrected chi connectivity index (χ2v) is 5.00. The number of nitrogens with one attached hydrogen (secondary N) is 1. The van der Waals surface area contributed by atoms with Crippen LogP contribution in [0.3, 0.4) is 0 Å². The Morgan fingerprint density at radius 3 is 2.19 bits per heavy atom. The maximum Gasteiger partial charge on any atom is 0.301 e. The predicted octanol–water partition coefficient (Wildman–Crippen LogP) is 1.32. The smallest absolute Gasteiger partial charge is 0.268 e. The molecule has 1 N–H and O–H groups in total. The monoisotopic (exact) mass is 254 g/mol. The number of nitrogens with zero attached hydrogens (tertiary/aromatic N) is 1. The molecule has 1 aromatic rings. The van der Waals surface area contributed by atoms with Crippen LogP contribution in [0.15, 0.2) is 12.1 Å². The summed E-state index contributed by atoms with van der Waals surface area (Å²) < 4.78 is 63.5. The maximum atomic E-state index is 13.1. The minimum atomic E-state index is -3.95. The molecule has 0 saturated carbocycles. The number of rotatable bonds is 3. The average molecular weight is 254 g/mol. The van der Waals surface area contributed by atoms with E-state index in [1.807, 2.05) is 0 Å². The number of hydrogen-bond donors (Lipinski definition) is 1. The highest BCUT2D eigenvalue weighted by molar-refractivity contribution is 7.90. The van der Waals surface area contributed by atoms with E-state index in [1.54, 1.807) is 4.72 Å². The van der Waals surface area contributed by atoms with Crippen molar-refractivity contribution < 1.29 is 21.6 Å². The highest BCUT2D eigenvalue weighted by Crippen LogP contribution is 2.20. The van der Waals surface area contributed by atoms with Gasteiger partial charge in [0.2, 0.25) is 0 Å². The molecule has 0 amide bonds. The molecule has 0 spiro atoms. The second-order valence-electron chi connectivity index (χ2n) is 3.11. The Morgan fingerprint density at radius 2 is 1.69 bits per heavy atom. The van der Waals surface area contributed by atoms with Crippen molar-refractivity contribution in [2.24, 2.45) is 0 Å². The van der Waals surface area contributed by atoms with E-state index in [1.165, 1.54) is 14.1 Å². The van der Waals surface area contributed by atoms with Crippen LogP contribution in [0.1, 0.15) is 0 Å². The Balaban J connectivity index is 3.14. The molecule has 0 unspecified atom stereocenters. The Kier molecular flexibility index (Phi) is 3.44. The predicted molar refractivity (Wildman–Crippen MR) is 52.5 cm³/mol. The molecule has 90 valence electrons. The molecular formula is C8H9F3N2O2S.